The highest BCUT2D eigenvalue weighted by atomic mass is 19.5. The Morgan fingerprint density at radius 3 is 1.67 bits per heavy atom. The minimum Gasteiger partial charge on any atom is -0.373 e. The summed E-state index contributed by atoms with van der Waals surface area (Å²) in [6, 6.07) is 0. The largest absolute Gasteiger partial charge is 0.559 e. The SMILES string of the molecule is FC(F)(F)CCCC1CO1.FC(F)(F)F. The highest BCUT2D eigenvalue weighted by molar-refractivity contribution is 4.69. The standard InChI is InChI=1S/C6H9F3O.CF4/c7-6(8,9)3-1-2-5-4-10-5;2-1(3,4)5/h5H,1-4H2;. The van der Waals surface area contributed by atoms with E-state index in [0.717, 1.165) is 0 Å². The average Bonchev–Trinajstić information content (AvgIpc) is 2.63. The maximum atomic E-state index is 11.5. The third-order valence-electron chi connectivity index (χ3n) is 1.39. The molecule has 0 aromatic carbocycles. The lowest BCUT2D eigenvalue weighted by molar-refractivity contribution is -0.237. The molecule has 0 radical (unpaired) electrons. The maximum Gasteiger partial charge on any atom is 0.559 e. The van der Waals surface area contributed by atoms with Gasteiger partial charge in [-0.1, -0.05) is 0 Å². The normalized spacial score (nSPS) is 20.6. The van der Waals surface area contributed by atoms with E-state index in [1.165, 1.54) is 0 Å². The second kappa shape index (κ2) is 5.53. The van der Waals surface area contributed by atoms with Crippen LogP contribution in [0.4, 0.5) is 30.7 Å². The minimum absolute atomic E-state index is 0.127. The minimum atomic E-state index is -5.50. The summed E-state index contributed by atoms with van der Waals surface area (Å²) in [5.74, 6) is 0. The molecule has 1 fully saturated rings. The van der Waals surface area contributed by atoms with Gasteiger partial charge < -0.3 is 4.74 Å². The molecule has 1 atom stereocenters. The van der Waals surface area contributed by atoms with Gasteiger partial charge in [0.2, 0.25) is 0 Å². The molecule has 0 amide bonds. The maximum absolute atomic E-state index is 11.5. The Morgan fingerprint density at radius 2 is 1.40 bits per heavy atom. The molecule has 0 bridgehead atoms. The smallest absolute Gasteiger partial charge is 0.373 e. The molecule has 0 saturated carbocycles. The monoisotopic (exact) mass is 242 g/mol. The molecule has 1 rings (SSSR count). The number of alkyl halides is 7. The van der Waals surface area contributed by atoms with Crippen molar-refractivity contribution in [1.29, 1.82) is 0 Å². The molecule has 1 nitrogen and oxygen atoms in total. The van der Waals surface area contributed by atoms with Crippen molar-refractivity contribution >= 4 is 0 Å². The molecule has 15 heavy (non-hydrogen) atoms. The topological polar surface area (TPSA) is 12.5 Å². The van der Waals surface area contributed by atoms with Gasteiger partial charge in [0, 0.05) is 6.42 Å². The molecule has 0 aliphatic carbocycles. The average molecular weight is 242 g/mol. The molecule has 0 aromatic heterocycles. The predicted molar refractivity (Wildman–Crippen MR) is 36.8 cm³/mol. The Balaban J connectivity index is 0.000000336. The van der Waals surface area contributed by atoms with Gasteiger partial charge in [-0.3, -0.25) is 0 Å². The van der Waals surface area contributed by atoms with E-state index in [-0.39, 0.29) is 12.5 Å². The van der Waals surface area contributed by atoms with Crippen LogP contribution in [-0.4, -0.2) is 25.3 Å². The van der Waals surface area contributed by atoms with Crippen LogP contribution < -0.4 is 0 Å². The summed E-state index contributed by atoms with van der Waals surface area (Å²) in [4.78, 5) is 0. The Morgan fingerprint density at radius 1 is 1.00 bits per heavy atom. The molecular weight excluding hydrogens is 233 g/mol. The van der Waals surface area contributed by atoms with Crippen molar-refractivity contribution in [1.82, 2.24) is 0 Å². The van der Waals surface area contributed by atoms with Crippen molar-refractivity contribution in [2.45, 2.75) is 38.0 Å². The lowest BCUT2D eigenvalue weighted by atomic mass is 10.2. The van der Waals surface area contributed by atoms with Crippen molar-refractivity contribution in [3.63, 3.8) is 0 Å². The molecular formula is C7H9F7O. The predicted octanol–water partition coefficient (Wildman–Crippen LogP) is 3.59. The van der Waals surface area contributed by atoms with E-state index in [0.29, 0.717) is 13.0 Å². The van der Waals surface area contributed by atoms with Crippen LogP contribution in [0.15, 0.2) is 0 Å². The molecule has 92 valence electrons. The fraction of sp³-hybridized carbons (Fsp3) is 1.00. The number of halogens is 7. The van der Waals surface area contributed by atoms with Crippen molar-refractivity contribution in [2.24, 2.45) is 0 Å². The third-order valence-corrected chi connectivity index (χ3v) is 1.39. The van der Waals surface area contributed by atoms with Crippen molar-refractivity contribution < 1.29 is 35.5 Å². The first-order chi connectivity index (χ1) is 6.58. The summed E-state index contributed by atoms with van der Waals surface area (Å²) < 4.78 is 78.0. The third kappa shape index (κ3) is 19.8. The molecule has 1 unspecified atom stereocenters. The summed E-state index contributed by atoms with van der Waals surface area (Å²) in [5, 5.41) is 0. The fourth-order valence-electron chi connectivity index (χ4n) is 0.765. The first-order valence-electron chi connectivity index (χ1n) is 4.02. The zero-order chi connectivity index (χ0) is 12.1. The summed E-state index contributed by atoms with van der Waals surface area (Å²) >= 11 is 0. The van der Waals surface area contributed by atoms with Crippen molar-refractivity contribution in [2.75, 3.05) is 6.61 Å². The molecule has 0 aromatic rings. The molecule has 1 saturated heterocycles. The van der Waals surface area contributed by atoms with Crippen LogP contribution >= 0.6 is 0 Å². The van der Waals surface area contributed by atoms with Gasteiger partial charge in [0.1, 0.15) is 0 Å². The molecule has 1 aliphatic rings. The lowest BCUT2D eigenvalue weighted by Crippen LogP contribution is -2.06. The lowest BCUT2D eigenvalue weighted by Gasteiger charge is -2.03. The van der Waals surface area contributed by atoms with Gasteiger partial charge >= 0.3 is 12.6 Å². The number of hydrogen-bond acceptors (Lipinski definition) is 1. The quantitative estimate of drug-likeness (QED) is 0.544. The molecule has 1 aliphatic heterocycles. The van der Waals surface area contributed by atoms with Gasteiger partial charge in [-0.25, -0.2) is 0 Å². The van der Waals surface area contributed by atoms with Gasteiger partial charge in [0.15, 0.2) is 0 Å². The first kappa shape index (κ1) is 14.5. The van der Waals surface area contributed by atoms with Crippen LogP contribution in [0, 0.1) is 0 Å². The second-order valence-electron chi connectivity index (χ2n) is 2.89. The van der Waals surface area contributed by atoms with Crippen LogP contribution in [-0.2, 0) is 4.74 Å². The van der Waals surface area contributed by atoms with Crippen LogP contribution in [0.1, 0.15) is 19.3 Å². The number of ether oxygens (including phenoxy) is 1. The molecule has 8 heteroatoms. The summed E-state index contributed by atoms with van der Waals surface area (Å²) in [6.07, 6.45) is -9.28. The van der Waals surface area contributed by atoms with E-state index in [1.807, 2.05) is 0 Å². The number of rotatable bonds is 3. The van der Waals surface area contributed by atoms with Crippen LogP contribution in [0.3, 0.4) is 0 Å². The Kier molecular flexibility index (Phi) is 5.33. The second-order valence-corrected chi connectivity index (χ2v) is 2.89. The van der Waals surface area contributed by atoms with Gasteiger partial charge in [-0.2, -0.15) is 13.2 Å². The fourth-order valence-corrected chi connectivity index (χ4v) is 0.765. The highest BCUT2D eigenvalue weighted by Gasteiger charge is 2.29. The van der Waals surface area contributed by atoms with E-state index in [9.17, 15) is 30.7 Å². The zero-order valence-corrected chi connectivity index (χ0v) is 7.46. The van der Waals surface area contributed by atoms with Gasteiger partial charge in [-0.05, 0) is 12.8 Å². The van der Waals surface area contributed by atoms with E-state index >= 15 is 0 Å². The molecule has 1 heterocycles. The Hall–Kier alpha value is -0.530. The summed E-state index contributed by atoms with van der Waals surface area (Å²) in [6.45, 7) is 0.651. The highest BCUT2D eigenvalue weighted by Crippen LogP contribution is 2.25. The Labute approximate surface area is 81.2 Å². The van der Waals surface area contributed by atoms with Crippen LogP contribution in [0.2, 0.25) is 0 Å². The summed E-state index contributed by atoms with van der Waals surface area (Å²) in [7, 11) is 0. The zero-order valence-electron chi connectivity index (χ0n) is 7.46. The molecule has 0 N–H and O–H groups in total. The van der Waals surface area contributed by atoms with Gasteiger partial charge in [0.25, 0.3) is 0 Å². The van der Waals surface area contributed by atoms with Crippen LogP contribution in [0.5, 0.6) is 0 Å². The summed E-state index contributed by atoms with van der Waals surface area (Å²) in [5.41, 5.74) is 0. The van der Waals surface area contributed by atoms with E-state index < -0.39 is 19.0 Å². The van der Waals surface area contributed by atoms with Crippen molar-refractivity contribution in [3.8, 4) is 0 Å². The van der Waals surface area contributed by atoms with E-state index in [1.54, 1.807) is 0 Å². The Bertz CT molecular complexity index is 163. The first-order valence-corrected chi connectivity index (χ1v) is 4.02. The van der Waals surface area contributed by atoms with Crippen molar-refractivity contribution in [3.05, 3.63) is 0 Å². The van der Waals surface area contributed by atoms with Crippen LogP contribution in [0.25, 0.3) is 0 Å². The number of hydrogen-bond donors (Lipinski definition) is 0. The molecule has 0 spiro atoms. The van der Waals surface area contributed by atoms with Gasteiger partial charge in [0.05, 0.1) is 12.7 Å². The van der Waals surface area contributed by atoms with Gasteiger partial charge in [-0.15, -0.1) is 17.6 Å². The number of epoxide rings is 1. The van der Waals surface area contributed by atoms with E-state index in [4.69, 9.17) is 4.74 Å². The van der Waals surface area contributed by atoms with E-state index in [2.05, 4.69) is 0 Å².